The van der Waals surface area contributed by atoms with Crippen LogP contribution in [0.4, 0.5) is 18.0 Å². The van der Waals surface area contributed by atoms with Gasteiger partial charge in [-0.05, 0) is 39.5 Å². The Hall–Kier alpha value is -0.980. The van der Waals surface area contributed by atoms with Gasteiger partial charge in [0.2, 0.25) is 0 Å². The zero-order valence-electron chi connectivity index (χ0n) is 11.5. The second-order valence-corrected chi connectivity index (χ2v) is 5.79. The van der Waals surface area contributed by atoms with Crippen LogP contribution in [0, 0.1) is 5.92 Å². The van der Waals surface area contributed by atoms with E-state index in [0.29, 0.717) is 25.9 Å². The number of piperidine rings is 1. The fourth-order valence-corrected chi connectivity index (χ4v) is 1.91. The van der Waals surface area contributed by atoms with Crippen LogP contribution in [0.5, 0.6) is 0 Å². The summed E-state index contributed by atoms with van der Waals surface area (Å²) in [4.78, 5) is 13.3. The van der Waals surface area contributed by atoms with Gasteiger partial charge in [0.15, 0.2) is 0 Å². The summed E-state index contributed by atoms with van der Waals surface area (Å²) in [6, 6.07) is 0. The number of ether oxygens (including phenoxy) is 1. The lowest BCUT2D eigenvalue weighted by molar-refractivity contribution is -0.159. The lowest BCUT2D eigenvalue weighted by atomic mass is 9.97. The Kier molecular flexibility index (Phi) is 5.06. The van der Waals surface area contributed by atoms with Crippen molar-refractivity contribution in [3.8, 4) is 0 Å². The van der Waals surface area contributed by atoms with Crippen LogP contribution in [-0.4, -0.2) is 42.5 Å². The van der Waals surface area contributed by atoms with Crippen LogP contribution >= 0.6 is 0 Å². The molecule has 1 heterocycles. The van der Waals surface area contributed by atoms with Crippen LogP contribution in [0.15, 0.2) is 0 Å². The molecule has 1 amide bonds. The molecule has 1 aliphatic rings. The van der Waals surface area contributed by atoms with Gasteiger partial charge in [-0.15, -0.1) is 0 Å². The monoisotopic (exact) mass is 282 g/mol. The minimum atomic E-state index is -4.33. The van der Waals surface area contributed by atoms with Gasteiger partial charge in [0, 0.05) is 19.6 Å². The molecule has 0 aromatic rings. The summed E-state index contributed by atoms with van der Waals surface area (Å²) in [5, 5.41) is 1.54. The first-order valence-corrected chi connectivity index (χ1v) is 6.36. The van der Waals surface area contributed by atoms with E-state index in [-0.39, 0.29) is 12.5 Å². The fourth-order valence-electron chi connectivity index (χ4n) is 1.91. The molecule has 0 unspecified atom stereocenters. The van der Waals surface area contributed by atoms with E-state index in [1.54, 1.807) is 25.7 Å². The predicted molar refractivity (Wildman–Crippen MR) is 64.6 cm³/mol. The number of rotatable bonds is 2. The Labute approximate surface area is 111 Å². The van der Waals surface area contributed by atoms with E-state index in [4.69, 9.17) is 4.74 Å². The number of carbonyl (C=O) groups is 1. The number of carbonyl (C=O) groups excluding carboxylic acids is 1. The molecule has 0 radical (unpaired) electrons. The highest BCUT2D eigenvalue weighted by Crippen LogP contribution is 2.20. The molecule has 0 aromatic carbocycles. The molecule has 0 spiro atoms. The molecule has 1 rings (SSSR count). The van der Waals surface area contributed by atoms with Gasteiger partial charge in [-0.25, -0.2) is 10.1 Å². The summed E-state index contributed by atoms with van der Waals surface area (Å²) < 4.78 is 41.2. The number of alkyl halides is 3. The molecule has 19 heavy (non-hydrogen) atoms. The highest BCUT2D eigenvalue weighted by atomic mass is 19.4. The topological polar surface area (TPSA) is 41.6 Å². The summed E-state index contributed by atoms with van der Waals surface area (Å²) in [6.45, 7) is 6.14. The molecule has 0 saturated carbocycles. The second kappa shape index (κ2) is 5.98. The van der Waals surface area contributed by atoms with E-state index in [2.05, 4.69) is 0 Å². The van der Waals surface area contributed by atoms with E-state index in [0.717, 1.165) is 0 Å². The Bertz CT molecular complexity index is 305. The Morgan fingerprint density at radius 2 is 1.79 bits per heavy atom. The summed E-state index contributed by atoms with van der Waals surface area (Å²) in [5.41, 5.74) is -0.550. The van der Waals surface area contributed by atoms with Crippen molar-refractivity contribution in [2.45, 2.75) is 45.5 Å². The molecular formula is C12H21F3N2O2. The highest BCUT2D eigenvalue weighted by Gasteiger charge is 2.30. The molecule has 0 atom stereocenters. The molecular weight excluding hydrogens is 261 g/mol. The first kappa shape index (κ1) is 16.1. The standard InChI is InChI=1S/C12H21F3N2O2/c1-11(2,3)19-10(18)17-6-4-9(5-7-17)8-16-12(13,14)15/h9,16H,4-8H2,1-3H3. The normalized spacial score (nSPS) is 18.5. The molecule has 7 heteroatoms. The number of hydrogen-bond acceptors (Lipinski definition) is 3. The molecule has 0 bridgehead atoms. The van der Waals surface area contributed by atoms with E-state index >= 15 is 0 Å². The van der Waals surface area contributed by atoms with Crippen LogP contribution in [0.25, 0.3) is 0 Å². The Morgan fingerprint density at radius 1 is 1.26 bits per heavy atom. The molecule has 1 aliphatic heterocycles. The van der Waals surface area contributed by atoms with Gasteiger partial charge in [0.1, 0.15) is 5.60 Å². The van der Waals surface area contributed by atoms with Crippen LogP contribution in [0.1, 0.15) is 33.6 Å². The van der Waals surface area contributed by atoms with Crippen molar-refractivity contribution in [2.24, 2.45) is 5.92 Å². The number of nitrogens with one attached hydrogen (secondary N) is 1. The number of halogens is 3. The van der Waals surface area contributed by atoms with Crippen LogP contribution < -0.4 is 5.32 Å². The lowest BCUT2D eigenvalue weighted by Gasteiger charge is -2.33. The van der Waals surface area contributed by atoms with E-state index in [1.807, 2.05) is 0 Å². The van der Waals surface area contributed by atoms with Crippen LogP contribution in [-0.2, 0) is 4.74 Å². The van der Waals surface area contributed by atoms with Crippen molar-refractivity contribution in [2.75, 3.05) is 19.6 Å². The minimum absolute atomic E-state index is 0.0553. The third-order valence-electron chi connectivity index (χ3n) is 2.86. The van der Waals surface area contributed by atoms with Crippen molar-refractivity contribution in [1.29, 1.82) is 0 Å². The SMILES string of the molecule is CC(C)(C)OC(=O)N1CCC(CNC(F)(F)F)CC1. The summed E-state index contributed by atoms with van der Waals surface area (Å²) in [5.74, 6) is -0.0553. The van der Waals surface area contributed by atoms with Crippen molar-refractivity contribution >= 4 is 6.09 Å². The lowest BCUT2D eigenvalue weighted by Crippen LogP contribution is -2.44. The van der Waals surface area contributed by atoms with Gasteiger partial charge in [-0.2, -0.15) is 13.2 Å². The summed E-state index contributed by atoms with van der Waals surface area (Å²) in [6.07, 6.45) is -3.61. The molecule has 1 saturated heterocycles. The van der Waals surface area contributed by atoms with Gasteiger partial charge >= 0.3 is 12.4 Å². The van der Waals surface area contributed by atoms with Crippen molar-refractivity contribution < 1.29 is 22.7 Å². The van der Waals surface area contributed by atoms with Gasteiger partial charge in [0.05, 0.1) is 0 Å². The van der Waals surface area contributed by atoms with Crippen LogP contribution in [0.2, 0.25) is 0 Å². The van der Waals surface area contributed by atoms with Gasteiger partial charge in [-0.3, -0.25) is 0 Å². The quantitative estimate of drug-likeness (QED) is 0.792. The molecule has 0 aromatic heterocycles. The van der Waals surface area contributed by atoms with Crippen LogP contribution in [0.3, 0.4) is 0 Å². The third kappa shape index (κ3) is 6.66. The van der Waals surface area contributed by atoms with Gasteiger partial charge < -0.3 is 9.64 Å². The number of likely N-dealkylation sites (tertiary alicyclic amines) is 1. The third-order valence-corrected chi connectivity index (χ3v) is 2.86. The molecule has 1 fully saturated rings. The van der Waals surface area contributed by atoms with Crippen molar-refractivity contribution in [3.63, 3.8) is 0 Å². The number of nitrogens with zero attached hydrogens (tertiary/aromatic N) is 1. The summed E-state index contributed by atoms with van der Waals surface area (Å²) in [7, 11) is 0. The first-order valence-electron chi connectivity index (χ1n) is 6.36. The average molecular weight is 282 g/mol. The zero-order valence-corrected chi connectivity index (χ0v) is 11.5. The maximum Gasteiger partial charge on any atom is 0.457 e. The molecule has 1 N–H and O–H groups in total. The fraction of sp³-hybridized carbons (Fsp3) is 0.917. The second-order valence-electron chi connectivity index (χ2n) is 5.79. The molecule has 0 aliphatic carbocycles. The predicted octanol–water partition coefficient (Wildman–Crippen LogP) is 2.74. The van der Waals surface area contributed by atoms with Gasteiger partial charge in [-0.1, -0.05) is 0 Å². The zero-order chi connectivity index (χ0) is 14.7. The minimum Gasteiger partial charge on any atom is -0.444 e. The maximum atomic E-state index is 12.0. The first-order chi connectivity index (χ1) is 8.57. The van der Waals surface area contributed by atoms with E-state index < -0.39 is 18.0 Å². The Balaban J connectivity index is 2.31. The largest absolute Gasteiger partial charge is 0.457 e. The Morgan fingerprint density at radius 3 is 2.21 bits per heavy atom. The number of amides is 1. The average Bonchev–Trinajstić information content (AvgIpc) is 2.23. The van der Waals surface area contributed by atoms with Crippen molar-refractivity contribution in [3.05, 3.63) is 0 Å². The smallest absolute Gasteiger partial charge is 0.444 e. The van der Waals surface area contributed by atoms with Gasteiger partial charge in [0.25, 0.3) is 0 Å². The van der Waals surface area contributed by atoms with Crippen molar-refractivity contribution in [1.82, 2.24) is 10.2 Å². The molecule has 4 nitrogen and oxygen atoms in total. The van der Waals surface area contributed by atoms with E-state index in [9.17, 15) is 18.0 Å². The van der Waals surface area contributed by atoms with E-state index in [1.165, 1.54) is 5.32 Å². The summed E-state index contributed by atoms with van der Waals surface area (Å²) >= 11 is 0. The molecule has 112 valence electrons. The number of hydrogen-bond donors (Lipinski definition) is 1. The maximum absolute atomic E-state index is 12.0. The highest BCUT2D eigenvalue weighted by molar-refractivity contribution is 5.68.